The lowest BCUT2D eigenvalue weighted by Gasteiger charge is -2.43. The van der Waals surface area contributed by atoms with Gasteiger partial charge in [-0.3, -0.25) is 9.88 Å². The number of pyridine rings is 1. The van der Waals surface area contributed by atoms with Crippen molar-refractivity contribution in [3.8, 4) is 0 Å². The maximum absolute atomic E-state index is 4.21. The van der Waals surface area contributed by atoms with E-state index < -0.39 is 0 Å². The van der Waals surface area contributed by atoms with Gasteiger partial charge in [0.1, 0.15) is 0 Å². The number of hydrogen-bond acceptors (Lipinski definition) is 4. The maximum atomic E-state index is 4.21. The average Bonchev–Trinajstić information content (AvgIpc) is 2.54. The molecule has 4 heteroatoms. The van der Waals surface area contributed by atoms with Crippen molar-refractivity contribution in [1.29, 1.82) is 0 Å². The molecule has 3 rings (SSSR count). The topological polar surface area (TPSA) is 31.4 Å². The molecule has 1 N–H and O–H groups in total. The molecule has 0 aromatic carbocycles. The Morgan fingerprint density at radius 2 is 2.09 bits per heavy atom. The van der Waals surface area contributed by atoms with Crippen molar-refractivity contribution in [3.05, 3.63) is 30.1 Å². The predicted octanol–water partition coefficient (Wildman–Crippen LogP) is 2.15. The van der Waals surface area contributed by atoms with Crippen LogP contribution in [0.1, 0.15) is 38.3 Å². The number of likely N-dealkylation sites (tertiary alicyclic amines) is 1. The van der Waals surface area contributed by atoms with Gasteiger partial charge >= 0.3 is 0 Å². The van der Waals surface area contributed by atoms with Crippen molar-refractivity contribution in [2.45, 2.75) is 38.8 Å². The van der Waals surface area contributed by atoms with Crippen LogP contribution in [0.15, 0.2) is 24.5 Å². The second kappa shape index (κ2) is 7.53. The minimum atomic E-state index is 0.491. The number of piperazine rings is 1. The zero-order valence-corrected chi connectivity index (χ0v) is 14.0. The van der Waals surface area contributed by atoms with Gasteiger partial charge in [-0.05, 0) is 49.9 Å². The van der Waals surface area contributed by atoms with Crippen LogP contribution in [0.3, 0.4) is 0 Å². The van der Waals surface area contributed by atoms with Gasteiger partial charge in [0.05, 0.1) is 0 Å². The normalized spacial score (nSPS) is 29.4. The van der Waals surface area contributed by atoms with E-state index in [2.05, 4.69) is 46.1 Å². The van der Waals surface area contributed by atoms with Gasteiger partial charge in [0.25, 0.3) is 0 Å². The molecule has 0 spiro atoms. The molecule has 3 atom stereocenters. The number of nitrogens with zero attached hydrogens (tertiary/aromatic N) is 3. The lowest BCUT2D eigenvalue weighted by Crippen LogP contribution is -2.53. The first-order valence-corrected chi connectivity index (χ1v) is 8.83. The molecule has 0 bridgehead atoms. The van der Waals surface area contributed by atoms with Crippen molar-refractivity contribution in [3.63, 3.8) is 0 Å². The molecule has 22 heavy (non-hydrogen) atoms. The number of aromatic nitrogens is 1. The average molecular weight is 302 g/mol. The molecule has 1 aromatic heterocycles. The number of rotatable bonds is 4. The molecule has 0 amide bonds. The summed E-state index contributed by atoms with van der Waals surface area (Å²) in [6, 6.07) is 5.49. The van der Waals surface area contributed by atoms with Gasteiger partial charge in [-0.25, -0.2) is 0 Å². The molecule has 0 saturated carbocycles. The van der Waals surface area contributed by atoms with Crippen LogP contribution in [0.4, 0.5) is 0 Å². The zero-order chi connectivity index (χ0) is 15.4. The molecule has 4 nitrogen and oxygen atoms in total. The van der Waals surface area contributed by atoms with Gasteiger partial charge in [0.15, 0.2) is 0 Å². The van der Waals surface area contributed by atoms with Gasteiger partial charge in [0.2, 0.25) is 0 Å². The van der Waals surface area contributed by atoms with E-state index in [-0.39, 0.29) is 0 Å². The van der Waals surface area contributed by atoms with Crippen LogP contribution < -0.4 is 5.32 Å². The first kappa shape index (κ1) is 15.9. The summed E-state index contributed by atoms with van der Waals surface area (Å²) in [4.78, 5) is 9.57. The van der Waals surface area contributed by atoms with Crippen LogP contribution in [0, 0.1) is 5.92 Å². The molecule has 3 heterocycles. The lowest BCUT2D eigenvalue weighted by atomic mass is 9.97. The van der Waals surface area contributed by atoms with Crippen LogP contribution in [-0.2, 0) is 0 Å². The number of nitrogens with one attached hydrogen (secondary N) is 1. The van der Waals surface area contributed by atoms with Crippen molar-refractivity contribution in [2.75, 3.05) is 39.3 Å². The molecule has 2 fully saturated rings. The van der Waals surface area contributed by atoms with Gasteiger partial charge < -0.3 is 10.2 Å². The van der Waals surface area contributed by atoms with Crippen molar-refractivity contribution in [1.82, 2.24) is 20.1 Å². The van der Waals surface area contributed by atoms with Gasteiger partial charge in [-0.1, -0.05) is 6.92 Å². The van der Waals surface area contributed by atoms with Crippen LogP contribution in [-0.4, -0.2) is 60.1 Å². The Labute approximate surface area is 134 Å². The standard InChI is InChI=1S/C18H30N4/c1-15-4-3-10-21(13-15)14-18(17-5-7-19-8-6-17)22-11-9-20-12-16(22)2/h5-8,15-16,18,20H,3-4,9-14H2,1-2H3. The fourth-order valence-electron chi connectivity index (χ4n) is 4.00. The highest BCUT2D eigenvalue weighted by Crippen LogP contribution is 2.26. The SMILES string of the molecule is CC1CCCN(CC(c2ccncc2)N2CCNCC2C)C1. The third-order valence-corrected chi connectivity index (χ3v) is 5.22. The van der Waals surface area contributed by atoms with E-state index in [1.165, 1.54) is 31.5 Å². The summed E-state index contributed by atoms with van der Waals surface area (Å²) in [5.41, 5.74) is 1.42. The van der Waals surface area contributed by atoms with Crippen molar-refractivity contribution < 1.29 is 0 Å². The Morgan fingerprint density at radius 3 is 2.82 bits per heavy atom. The third kappa shape index (κ3) is 3.86. The Balaban J connectivity index is 1.76. The highest BCUT2D eigenvalue weighted by molar-refractivity contribution is 5.16. The monoisotopic (exact) mass is 302 g/mol. The Hall–Kier alpha value is -0.970. The molecule has 2 aliphatic rings. The van der Waals surface area contributed by atoms with Crippen LogP contribution >= 0.6 is 0 Å². The summed E-state index contributed by atoms with van der Waals surface area (Å²) in [6.45, 7) is 11.7. The summed E-state index contributed by atoms with van der Waals surface area (Å²) in [5.74, 6) is 0.840. The first-order chi connectivity index (χ1) is 10.7. The van der Waals surface area contributed by atoms with Gasteiger partial charge in [0, 0.05) is 57.2 Å². The van der Waals surface area contributed by atoms with E-state index in [0.717, 1.165) is 32.1 Å². The lowest BCUT2D eigenvalue weighted by molar-refractivity contribution is 0.0700. The molecular weight excluding hydrogens is 272 g/mol. The largest absolute Gasteiger partial charge is 0.314 e. The Bertz CT molecular complexity index is 450. The van der Waals surface area contributed by atoms with E-state index in [0.29, 0.717) is 12.1 Å². The van der Waals surface area contributed by atoms with E-state index in [1.54, 1.807) is 0 Å². The first-order valence-electron chi connectivity index (χ1n) is 8.83. The second-order valence-electron chi connectivity index (χ2n) is 7.09. The van der Waals surface area contributed by atoms with Crippen LogP contribution in [0.2, 0.25) is 0 Å². The molecule has 122 valence electrons. The number of hydrogen-bond donors (Lipinski definition) is 1. The van der Waals surface area contributed by atoms with E-state index in [1.807, 2.05) is 12.4 Å². The molecule has 0 radical (unpaired) electrons. The van der Waals surface area contributed by atoms with E-state index in [4.69, 9.17) is 0 Å². The molecule has 3 unspecified atom stereocenters. The fraction of sp³-hybridized carbons (Fsp3) is 0.722. The molecule has 2 aliphatic heterocycles. The minimum absolute atomic E-state index is 0.491. The summed E-state index contributed by atoms with van der Waals surface area (Å²) in [6.07, 6.45) is 6.61. The fourth-order valence-corrected chi connectivity index (χ4v) is 4.00. The van der Waals surface area contributed by atoms with Crippen LogP contribution in [0.5, 0.6) is 0 Å². The molecule has 1 aromatic rings. The highest BCUT2D eigenvalue weighted by atomic mass is 15.3. The highest BCUT2D eigenvalue weighted by Gasteiger charge is 2.29. The summed E-state index contributed by atoms with van der Waals surface area (Å²) < 4.78 is 0. The maximum Gasteiger partial charge on any atom is 0.0480 e. The van der Waals surface area contributed by atoms with Gasteiger partial charge in [-0.15, -0.1) is 0 Å². The number of piperidine rings is 1. The third-order valence-electron chi connectivity index (χ3n) is 5.22. The van der Waals surface area contributed by atoms with Gasteiger partial charge in [-0.2, -0.15) is 0 Å². The summed E-state index contributed by atoms with van der Waals surface area (Å²) in [7, 11) is 0. The van der Waals surface area contributed by atoms with Crippen molar-refractivity contribution in [2.24, 2.45) is 5.92 Å². The summed E-state index contributed by atoms with van der Waals surface area (Å²) >= 11 is 0. The molecular formula is C18H30N4. The quantitative estimate of drug-likeness (QED) is 0.923. The summed E-state index contributed by atoms with van der Waals surface area (Å²) in [5, 5.41) is 3.51. The second-order valence-corrected chi connectivity index (χ2v) is 7.09. The Kier molecular flexibility index (Phi) is 5.45. The Morgan fingerprint density at radius 1 is 1.27 bits per heavy atom. The zero-order valence-electron chi connectivity index (χ0n) is 14.0. The van der Waals surface area contributed by atoms with E-state index in [9.17, 15) is 0 Å². The molecule has 2 saturated heterocycles. The smallest absolute Gasteiger partial charge is 0.0480 e. The van der Waals surface area contributed by atoms with Crippen molar-refractivity contribution >= 4 is 0 Å². The predicted molar refractivity (Wildman–Crippen MR) is 90.9 cm³/mol. The van der Waals surface area contributed by atoms with E-state index >= 15 is 0 Å². The van der Waals surface area contributed by atoms with Crippen LogP contribution in [0.25, 0.3) is 0 Å². The minimum Gasteiger partial charge on any atom is -0.314 e. The molecule has 0 aliphatic carbocycles.